The lowest BCUT2D eigenvalue weighted by atomic mass is 10.1. The summed E-state index contributed by atoms with van der Waals surface area (Å²) >= 11 is 8.70. The maximum atomic E-state index is 12.0. The van der Waals surface area contributed by atoms with E-state index in [1.807, 2.05) is 19.0 Å². The molecule has 1 saturated heterocycles. The van der Waals surface area contributed by atoms with Gasteiger partial charge in [0.1, 0.15) is 17.1 Å². The number of nitrogens with two attached hydrogens (primary N) is 1. The fourth-order valence-corrected chi connectivity index (χ4v) is 5.12. The second kappa shape index (κ2) is 7.62. The van der Waals surface area contributed by atoms with E-state index in [0.717, 1.165) is 12.1 Å². The molecule has 9 nitrogen and oxygen atoms in total. The van der Waals surface area contributed by atoms with Gasteiger partial charge in [-0.25, -0.2) is 4.68 Å². The normalized spacial score (nSPS) is 23.1. The third-order valence-corrected chi connectivity index (χ3v) is 6.49. The van der Waals surface area contributed by atoms with Crippen molar-refractivity contribution in [2.45, 2.75) is 23.1 Å². The predicted octanol–water partition coefficient (Wildman–Crippen LogP) is -0.411. The zero-order valence-corrected chi connectivity index (χ0v) is 16.1. The fraction of sp³-hybridized carbons (Fsp3) is 0.615. The van der Waals surface area contributed by atoms with Gasteiger partial charge in [-0.1, -0.05) is 11.8 Å². The highest BCUT2D eigenvalue weighted by molar-refractivity contribution is 8.01. The van der Waals surface area contributed by atoms with Crippen molar-refractivity contribution in [1.82, 2.24) is 30.0 Å². The van der Waals surface area contributed by atoms with E-state index in [2.05, 4.69) is 15.5 Å². The Hall–Kier alpha value is -1.14. The molecule has 2 aliphatic heterocycles. The van der Waals surface area contributed by atoms with Crippen LogP contribution < -0.4 is 5.73 Å². The quantitative estimate of drug-likeness (QED) is 0.369. The van der Waals surface area contributed by atoms with Crippen LogP contribution in [0, 0.1) is 0 Å². The Balaban J connectivity index is 1.73. The molecule has 3 heterocycles. The molecule has 0 spiro atoms. The van der Waals surface area contributed by atoms with Crippen LogP contribution in [0.3, 0.4) is 0 Å². The molecule has 136 valence electrons. The van der Waals surface area contributed by atoms with Gasteiger partial charge in [-0.3, -0.25) is 14.5 Å². The van der Waals surface area contributed by atoms with Crippen molar-refractivity contribution < 1.29 is 9.59 Å². The highest BCUT2D eigenvalue weighted by Gasteiger charge is 2.51. The van der Waals surface area contributed by atoms with E-state index in [1.54, 1.807) is 16.4 Å². The predicted molar refractivity (Wildman–Crippen MR) is 96.0 cm³/mol. The number of thioether (sulfide) groups is 2. The largest absolute Gasteiger partial charge is 0.317 e. The van der Waals surface area contributed by atoms with Crippen LogP contribution in [0.25, 0.3) is 0 Å². The van der Waals surface area contributed by atoms with Gasteiger partial charge in [-0.15, -0.1) is 16.9 Å². The Morgan fingerprint density at radius 2 is 2.28 bits per heavy atom. The number of aromatic nitrogens is 4. The summed E-state index contributed by atoms with van der Waals surface area (Å²) in [7, 11) is 3.95. The van der Waals surface area contributed by atoms with Crippen molar-refractivity contribution in [3.63, 3.8) is 0 Å². The first-order valence-electron chi connectivity index (χ1n) is 7.56. The summed E-state index contributed by atoms with van der Waals surface area (Å²) in [5, 5.41) is 11.5. The fourth-order valence-electron chi connectivity index (χ4n) is 2.56. The van der Waals surface area contributed by atoms with Crippen LogP contribution in [0.2, 0.25) is 0 Å². The molecule has 0 radical (unpaired) electrons. The molecule has 2 atom stereocenters. The molecule has 1 fully saturated rings. The van der Waals surface area contributed by atoms with Gasteiger partial charge in [-0.2, -0.15) is 0 Å². The molecule has 2 N–H and O–H groups in total. The average molecular weight is 404 g/mol. The third kappa shape index (κ3) is 3.70. The molecule has 3 rings (SSSR count). The summed E-state index contributed by atoms with van der Waals surface area (Å²) in [6, 6.07) is -0.566. The second-order valence-electron chi connectivity index (χ2n) is 5.94. The molecule has 0 saturated carbocycles. The van der Waals surface area contributed by atoms with Crippen molar-refractivity contribution in [1.29, 1.82) is 0 Å². The van der Waals surface area contributed by atoms with Crippen LogP contribution in [-0.4, -0.2) is 84.7 Å². The van der Waals surface area contributed by atoms with E-state index in [1.165, 1.54) is 16.7 Å². The molecule has 25 heavy (non-hydrogen) atoms. The van der Waals surface area contributed by atoms with Crippen LogP contribution in [0.1, 0.15) is 0 Å². The van der Waals surface area contributed by atoms with Crippen LogP contribution >= 0.6 is 35.1 Å². The number of amides is 1. The number of nitrogens with zero attached hydrogens (tertiary/aromatic N) is 6. The van der Waals surface area contributed by atoms with Crippen LogP contribution in [0.15, 0.2) is 16.4 Å². The van der Waals surface area contributed by atoms with E-state index < -0.39 is 11.3 Å². The number of hydrogen-bond donors (Lipinski definition) is 1. The Labute approximate surface area is 158 Å². The summed E-state index contributed by atoms with van der Waals surface area (Å²) < 4.78 is 1.72. The summed E-state index contributed by atoms with van der Waals surface area (Å²) in [4.78, 5) is 27.3. The smallest absolute Gasteiger partial charge is 0.268 e. The summed E-state index contributed by atoms with van der Waals surface area (Å²) in [6.07, 6.45) is 0. The van der Waals surface area contributed by atoms with Gasteiger partial charge in [0, 0.05) is 18.1 Å². The number of halogens is 1. The first-order chi connectivity index (χ1) is 11.9. The first-order valence-corrected chi connectivity index (χ1v) is 9.97. The van der Waals surface area contributed by atoms with E-state index in [4.69, 9.17) is 17.3 Å². The molecular formula is C13H18ClN7O2S2. The SMILES string of the molecule is CN(C)CCn1nnnc1SCC1=C(C(=O)Cl)N2C(=O)[C@@H](N)[C@@H]2SC1. The number of allylic oxidation sites excluding steroid dienone is 1. The van der Waals surface area contributed by atoms with Crippen LogP contribution in [0.5, 0.6) is 0 Å². The maximum absolute atomic E-state index is 12.0. The molecule has 1 aromatic rings. The molecule has 0 unspecified atom stereocenters. The molecular weight excluding hydrogens is 386 g/mol. The number of likely N-dealkylation sites (N-methyl/N-ethyl adjacent to an activating group) is 1. The lowest BCUT2D eigenvalue weighted by Crippen LogP contribution is -2.68. The van der Waals surface area contributed by atoms with Gasteiger partial charge in [0.05, 0.1) is 6.54 Å². The minimum atomic E-state index is -0.631. The lowest BCUT2D eigenvalue weighted by molar-refractivity contribution is -0.142. The zero-order valence-electron chi connectivity index (χ0n) is 13.8. The molecule has 0 bridgehead atoms. The van der Waals surface area contributed by atoms with Gasteiger partial charge in [0.2, 0.25) is 11.1 Å². The Morgan fingerprint density at radius 3 is 2.96 bits per heavy atom. The summed E-state index contributed by atoms with van der Waals surface area (Å²) in [6.45, 7) is 1.48. The lowest BCUT2D eigenvalue weighted by Gasteiger charge is -2.48. The average Bonchev–Trinajstić information content (AvgIpc) is 3.03. The number of carbonyl (C=O) groups excluding carboxylic acids is 2. The highest BCUT2D eigenvalue weighted by atomic mass is 35.5. The number of carbonyl (C=O) groups is 2. The van der Waals surface area contributed by atoms with Crippen molar-refractivity contribution in [3.8, 4) is 0 Å². The summed E-state index contributed by atoms with van der Waals surface area (Å²) in [5.41, 5.74) is 6.85. The first kappa shape index (κ1) is 18.6. The molecule has 1 aromatic heterocycles. The molecule has 1 amide bonds. The van der Waals surface area contributed by atoms with Crippen molar-refractivity contribution in [3.05, 3.63) is 11.3 Å². The Morgan fingerprint density at radius 1 is 1.52 bits per heavy atom. The van der Waals surface area contributed by atoms with Crippen molar-refractivity contribution in [2.75, 3.05) is 32.1 Å². The Kier molecular flexibility index (Phi) is 5.68. The monoisotopic (exact) mass is 403 g/mol. The van der Waals surface area contributed by atoms with E-state index in [9.17, 15) is 9.59 Å². The van der Waals surface area contributed by atoms with E-state index in [-0.39, 0.29) is 17.0 Å². The standard InChI is InChI=1S/C13H18ClN7O2S2/c1-19(2)3-4-20-13(16-17-18-20)25-6-7-5-24-12-8(15)11(23)21(12)9(7)10(14)22/h8,12H,3-6,15H2,1-2H3/t8-,12+/m1/s1. The minimum Gasteiger partial charge on any atom is -0.317 e. The molecule has 0 aromatic carbocycles. The Bertz CT molecular complexity index is 723. The van der Waals surface area contributed by atoms with E-state index >= 15 is 0 Å². The van der Waals surface area contributed by atoms with E-state index in [0.29, 0.717) is 23.2 Å². The van der Waals surface area contributed by atoms with Gasteiger partial charge >= 0.3 is 0 Å². The molecule has 0 aliphatic carbocycles. The number of tetrazole rings is 1. The van der Waals surface area contributed by atoms with Gasteiger partial charge in [0.15, 0.2) is 0 Å². The highest BCUT2D eigenvalue weighted by Crippen LogP contribution is 2.41. The summed E-state index contributed by atoms with van der Waals surface area (Å²) in [5.74, 6) is 0.816. The topological polar surface area (TPSA) is 110 Å². The van der Waals surface area contributed by atoms with Gasteiger partial charge in [-0.05, 0) is 41.7 Å². The molecule has 12 heteroatoms. The van der Waals surface area contributed by atoms with Gasteiger partial charge < -0.3 is 10.6 Å². The number of β-lactam (4-membered cyclic amide) rings is 1. The zero-order chi connectivity index (χ0) is 18.1. The molecule has 2 aliphatic rings. The number of rotatable bonds is 7. The van der Waals surface area contributed by atoms with Crippen LogP contribution in [0.4, 0.5) is 0 Å². The van der Waals surface area contributed by atoms with Crippen molar-refractivity contribution >= 4 is 46.3 Å². The third-order valence-electron chi connectivity index (χ3n) is 3.91. The minimum absolute atomic E-state index is 0.204. The van der Waals surface area contributed by atoms with Crippen LogP contribution in [-0.2, 0) is 16.1 Å². The number of hydrogen-bond acceptors (Lipinski definition) is 9. The van der Waals surface area contributed by atoms with Gasteiger partial charge in [0.25, 0.3) is 5.24 Å². The maximum Gasteiger partial charge on any atom is 0.268 e. The number of fused-ring (bicyclic) bond motifs is 1. The van der Waals surface area contributed by atoms with Crippen molar-refractivity contribution in [2.24, 2.45) is 5.73 Å². The second-order valence-corrected chi connectivity index (χ2v) is 8.33.